The van der Waals surface area contributed by atoms with Crippen LogP contribution in [0.4, 0.5) is 18.9 Å². The Bertz CT molecular complexity index is 1270. The van der Waals surface area contributed by atoms with Gasteiger partial charge in [-0.1, -0.05) is 6.08 Å². The Hall–Kier alpha value is -3.18. The molecule has 0 unspecified atom stereocenters. The number of aliphatic imine (C=N–C) groups is 1. The van der Waals surface area contributed by atoms with Crippen LogP contribution in [0.1, 0.15) is 43.4 Å². The van der Waals surface area contributed by atoms with E-state index in [1.54, 1.807) is 6.20 Å². The number of allylic oxidation sites excluding steroid dienone is 2. The molecule has 1 saturated heterocycles. The minimum absolute atomic E-state index is 0.0473. The second-order valence-electron chi connectivity index (χ2n) is 9.72. The first-order valence-electron chi connectivity index (χ1n) is 12.8. The van der Waals surface area contributed by atoms with Gasteiger partial charge >= 0.3 is 6.18 Å². The van der Waals surface area contributed by atoms with Gasteiger partial charge in [0, 0.05) is 44.2 Å². The van der Waals surface area contributed by atoms with Gasteiger partial charge in [0.2, 0.25) is 0 Å². The summed E-state index contributed by atoms with van der Waals surface area (Å²) in [4.78, 5) is 9.55. The zero-order valence-electron chi connectivity index (χ0n) is 20.9. The maximum Gasteiger partial charge on any atom is 0.433 e. The van der Waals surface area contributed by atoms with Crippen LogP contribution >= 0.6 is 0 Å². The molecule has 0 atom stereocenters. The topological polar surface area (TPSA) is 85.4 Å². The van der Waals surface area contributed by atoms with Crippen LogP contribution in [0.15, 0.2) is 41.2 Å². The molecule has 2 aromatic heterocycles. The van der Waals surface area contributed by atoms with Crippen LogP contribution in [0.25, 0.3) is 10.9 Å². The van der Waals surface area contributed by atoms with E-state index in [1.165, 1.54) is 6.20 Å². The molecule has 3 heterocycles. The molecule has 8 nitrogen and oxygen atoms in total. The van der Waals surface area contributed by atoms with E-state index in [9.17, 15) is 13.2 Å². The monoisotopic (exact) mass is 515 g/mol. The second kappa shape index (κ2) is 11.1. The fourth-order valence-corrected chi connectivity index (χ4v) is 4.86. The van der Waals surface area contributed by atoms with Gasteiger partial charge in [-0.3, -0.25) is 10.2 Å². The molecule has 0 saturated carbocycles. The minimum Gasteiger partial charge on any atom is -0.491 e. The molecule has 1 aliphatic carbocycles. The van der Waals surface area contributed by atoms with Gasteiger partial charge in [0.1, 0.15) is 17.1 Å². The number of alkyl halides is 3. The van der Waals surface area contributed by atoms with Crippen molar-refractivity contribution in [2.45, 2.75) is 38.3 Å². The molecule has 5 rings (SSSR count). The molecule has 0 radical (unpaired) electrons. The number of ether oxygens (including phenoxy) is 1. The van der Waals surface area contributed by atoms with Crippen molar-refractivity contribution >= 4 is 22.3 Å². The van der Waals surface area contributed by atoms with E-state index in [-0.39, 0.29) is 11.3 Å². The van der Waals surface area contributed by atoms with Crippen LogP contribution in [0, 0.1) is 0 Å². The number of rotatable bonds is 8. The molecule has 0 spiro atoms. The molecule has 0 bridgehead atoms. The number of aromatic amines is 2. The van der Waals surface area contributed by atoms with Gasteiger partial charge in [-0.25, -0.2) is 4.99 Å². The molecule has 1 fully saturated rings. The Morgan fingerprint density at radius 1 is 1.08 bits per heavy atom. The second-order valence-corrected chi connectivity index (χ2v) is 9.72. The van der Waals surface area contributed by atoms with Gasteiger partial charge in [-0.2, -0.15) is 23.4 Å². The lowest BCUT2D eigenvalue weighted by Gasteiger charge is -2.32. The zero-order chi connectivity index (χ0) is 25.8. The van der Waals surface area contributed by atoms with Crippen molar-refractivity contribution in [1.29, 1.82) is 0 Å². The molecule has 2 aliphatic rings. The van der Waals surface area contributed by atoms with Crippen molar-refractivity contribution < 1.29 is 17.9 Å². The number of aromatic nitrogens is 4. The first kappa shape index (κ1) is 25.5. The fraction of sp³-hybridized carbons (Fsp3) is 0.500. The van der Waals surface area contributed by atoms with Gasteiger partial charge in [0.25, 0.3) is 0 Å². The van der Waals surface area contributed by atoms with Crippen molar-refractivity contribution in [2.75, 3.05) is 46.4 Å². The Morgan fingerprint density at radius 3 is 2.65 bits per heavy atom. The molecule has 37 heavy (non-hydrogen) atoms. The van der Waals surface area contributed by atoms with E-state index in [1.807, 2.05) is 18.2 Å². The predicted octanol–water partition coefficient (Wildman–Crippen LogP) is 4.94. The van der Waals surface area contributed by atoms with E-state index < -0.39 is 11.9 Å². The van der Waals surface area contributed by atoms with Crippen LogP contribution in [-0.2, 0) is 6.18 Å². The lowest BCUT2D eigenvalue weighted by atomic mass is 9.92. The first-order chi connectivity index (χ1) is 17.9. The molecular weight excluding hydrogens is 483 g/mol. The number of hydrogen-bond acceptors (Lipinski definition) is 6. The standard InChI is InChI=1S/C26H32F3N7O/c1-35-9-11-36(12-10-35)8-5-13-37-23-15-21-19(16-30-33-21)14-22(23)32-24(18-6-3-2-4-7-18)20-17-31-34-25(20)26(27,28)29/h6,14-17H,2-5,7-13H2,1H3,(H,30,33)(H,31,34). The molecule has 11 heteroatoms. The molecule has 198 valence electrons. The summed E-state index contributed by atoms with van der Waals surface area (Å²) >= 11 is 0. The number of benzene rings is 1. The maximum atomic E-state index is 13.8. The third-order valence-corrected chi connectivity index (χ3v) is 7.00. The highest BCUT2D eigenvalue weighted by atomic mass is 19.4. The quantitative estimate of drug-likeness (QED) is 0.328. The maximum absolute atomic E-state index is 13.8. The van der Waals surface area contributed by atoms with E-state index >= 15 is 0 Å². The minimum atomic E-state index is -4.57. The van der Waals surface area contributed by atoms with Crippen LogP contribution in [0.3, 0.4) is 0 Å². The fourth-order valence-electron chi connectivity index (χ4n) is 4.86. The van der Waals surface area contributed by atoms with Gasteiger partial charge in [0.05, 0.1) is 35.8 Å². The van der Waals surface area contributed by atoms with Gasteiger partial charge in [-0.15, -0.1) is 0 Å². The van der Waals surface area contributed by atoms with Crippen LogP contribution in [-0.4, -0.2) is 82.3 Å². The number of halogens is 3. The molecular formula is C26H32F3N7O. The normalized spacial score (nSPS) is 18.4. The predicted molar refractivity (Wildman–Crippen MR) is 136 cm³/mol. The van der Waals surface area contributed by atoms with E-state index in [0.29, 0.717) is 24.5 Å². The lowest BCUT2D eigenvalue weighted by Crippen LogP contribution is -2.44. The Labute approximate surface area is 213 Å². The van der Waals surface area contributed by atoms with Gasteiger partial charge < -0.3 is 14.5 Å². The average molecular weight is 516 g/mol. The first-order valence-corrected chi connectivity index (χ1v) is 12.8. The van der Waals surface area contributed by atoms with Crippen molar-refractivity contribution in [1.82, 2.24) is 30.2 Å². The van der Waals surface area contributed by atoms with Crippen molar-refractivity contribution in [3.05, 3.63) is 47.4 Å². The van der Waals surface area contributed by atoms with Crippen molar-refractivity contribution in [3.63, 3.8) is 0 Å². The average Bonchev–Trinajstić information content (AvgIpc) is 3.56. The number of likely N-dealkylation sites (N-methyl/N-ethyl adjacent to an activating group) is 1. The summed E-state index contributed by atoms with van der Waals surface area (Å²) in [6.45, 7) is 5.60. The number of nitrogens with one attached hydrogen (secondary N) is 2. The zero-order valence-corrected chi connectivity index (χ0v) is 20.9. The molecule has 1 aromatic carbocycles. The Balaban J connectivity index is 1.45. The molecule has 3 aromatic rings. The van der Waals surface area contributed by atoms with E-state index in [2.05, 4.69) is 37.2 Å². The summed E-state index contributed by atoms with van der Waals surface area (Å²) in [5.41, 5.74) is 1.40. The Morgan fingerprint density at radius 2 is 1.89 bits per heavy atom. The van der Waals surface area contributed by atoms with Crippen LogP contribution in [0.2, 0.25) is 0 Å². The summed E-state index contributed by atoms with van der Waals surface area (Å²) < 4.78 is 47.5. The van der Waals surface area contributed by atoms with E-state index in [0.717, 1.165) is 74.9 Å². The largest absolute Gasteiger partial charge is 0.491 e. The number of fused-ring (bicyclic) bond motifs is 1. The van der Waals surface area contributed by atoms with Gasteiger partial charge in [0.15, 0.2) is 0 Å². The number of nitrogens with zero attached hydrogens (tertiary/aromatic N) is 5. The highest BCUT2D eigenvalue weighted by molar-refractivity contribution is 6.14. The van der Waals surface area contributed by atoms with Crippen LogP contribution < -0.4 is 4.74 Å². The number of piperazine rings is 1. The van der Waals surface area contributed by atoms with Gasteiger partial charge in [-0.05, 0) is 50.8 Å². The Kier molecular flexibility index (Phi) is 7.61. The van der Waals surface area contributed by atoms with Crippen molar-refractivity contribution in [2.24, 2.45) is 4.99 Å². The summed E-state index contributed by atoms with van der Waals surface area (Å²) in [5.74, 6) is 0.515. The lowest BCUT2D eigenvalue weighted by molar-refractivity contribution is -0.141. The number of hydrogen-bond donors (Lipinski definition) is 2. The molecule has 0 amide bonds. The number of H-pyrrole nitrogens is 2. The van der Waals surface area contributed by atoms with E-state index in [4.69, 9.17) is 9.73 Å². The van der Waals surface area contributed by atoms with Crippen LogP contribution in [0.5, 0.6) is 5.75 Å². The summed E-state index contributed by atoms with van der Waals surface area (Å²) in [6.07, 6.45) is 4.53. The molecule has 2 N–H and O–H groups in total. The summed E-state index contributed by atoms with van der Waals surface area (Å²) in [5, 5.41) is 13.7. The highest BCUT2D eigenvalue weighted by Gasteiger charge is 2.37. The SMILES string of the molecule is CN1CCN(CCCOc2cc3[nH]ncc3cc2N=C(C2=CCCCC2)c2cn[nH]c2C(F)(F)F)CC1. The highest BCUT2D eigenvalue weighted by Crippen LogP contribution is 2.37. The third kappa shape index (κ3) is 6.04. The molecule has 1 aliphatic heterocycles. The third-order valence-electron chi connectivity index (χ3n) is 7.00. The summed E-state index contributed by atoms with van der Waals surface area (Å²) in [7, 11) is 2.13. The smallest absolute Gasteiger partial charge is 0.433 e. The van der Waals surface area contributed by atoms with Crippen molar-refractivity contribution in [3.8, 4) is 5.75 Å². The summed E-state index contributed by atoms with van der Waals surface area (Å²) in [6, 6.07) is 3.63.